The summed E-state index contributed by atoms with van der Waals surface area (Å²) in [6.45, 7) is 1.40. The molecular formula is C16H18N4O3. The maximum atomic E-state index is 11.4. The van der Waals surface area contributed by atoms with E-state index in [0.29, 0.717) is 11.3 Å². The van der Waals surface area contributed by atoms with Gasteiger partial charge in [-0.05, 0) is 38.3 Å². The van der Waals surface area contributed by atoms with Gasteiger partial charge in [0.1, 0.15) is 5.69 Å². The summed E-state index contributed by atoms with van der Waals surface area (Å²) in [5.74, 6) is -0.188. The van der Waals surface area contributed by atoms with Gasteiger partial charge in [-0.25, -0.2) is 0 Å². The third kappa shape index (κ3) is 2.81. The molecule has 2 aromatic rings. The Hall–Kier alpha value is -2.70. The number of aryl methyl sites for hydroxylation is 1. The summed E-state index contributed by atoms with van der Waals surface area (Å²) >= 11 is 0. The number of nitrogens with zero attached hydrogens (tertiary/aromatic N) is 3. The van der Waals surface area contributed by atoms with Crippen molar-refractivity contribution in [3.05, 3.63) is 51.3 Å². The average molecular weight is 314 g/mol. The van der Waals surface area contributed by atoms with Gasteiger partial charge in [0.15, 0.2) is 5.78 Å². The fourth-order valence-electron chi connectivity index (χ4n) is 3.07. The normalized spacial score (nSPS) is 16.7. The SMILES string of the molecule is CC(=O)c1ccc(N[C@H]2CCCc3c2cnn3C)c([N+](=O)[O-])c1. The summed E-state index contributed by atoms with van der Waals surface area (Å²) in [5, 5.41) is 18.9. The lowest BCUT2D eigenvalue weighted by Gasteiger charge is -2.24. The van der Waals surface area contributed by atoms with Crippen molar-refractivity contribution in [3.63, 3.8) is 0 Å². The summed E-state index contributed by atoms with van der Waals surface area (Å²) in [6, 6.07) is 4.55. The monoisotopic (exact) mass is 314 g/mol. The third-order valence-electron chi connectivity index (χ3n) is 4.31. The van der Waals surface area contributed by atoms with Crippen molar-refractivity contribution in [3.8, 4) is 0 Å². The molecule has 0 saturated heterocycles. The second-order valence-electron chi connectivity index (χ2n) is 5.80. The number of Topliss-reactive ketones (excluding diaryl/α,β-unsaturated/α-hetero) is 1. The number of carbonyl (C=O) groups excluding carboxylic acids is 1. The zero-order valence-corrected chi connectivity index (χ0v) is 13.1. The van der Waals surface area contributed by atoms with Crippen LogP contribution >= 0.6 is 0 Å². The predicted octanol–water partition coefficient (Wildman–Crippen LogP) is 3.02. The van der Waals surface area contributed by atoms with Gasteiger partial charge < -0.3 is 5.32 Å². The highest BCUT2D eigenvalue weighted by Crippen LogP contribution is 2.35. The lowest BCUT2D eigenvalue weighted by Crippen LogP contribution is -2.18. The van der Waals surface area contributed by atoms with Crippen LogP contribution in [0.5, 0.6) is 0 Å². The van der Waals surface area contributed by atoms with Crippen LogP contribution in [0.1, 0.15) is 47.4 Å². The van der Waals surface area contributed by atoms with E-state index in [-0.39, 0.29) is 17.5 Å². The number of ketones is 1. The Kier molecular flexibility index (Phi) is 3.85. The number of fused-ring (bicyclic) bond motifs is 1. The van der Waals surface area contributed by atoms with Gasteiger partial charge in [0.25, 0.3) is 5.69 Å². The first-order valence-electron chi connectivity index (χ1n) is 7.54. The number of hydrogen-bond acceptors (Lipinski definition) is 5. The molecule has 0 unspecified atom stereocenters. The topological polar surface area (TPSA) is 90.1 Å². The van der Waals surface area contributed by atoms with Crippen molar-refractivity contribution in [1.82, 2.24) is 9.78 Å². The van der Waals surface area contributed by atoms with E-state index < -0.39 is 4.92 Å². The summed E-state index contributed by atoms with van der Waals surface area (Å²) in [7, 11) is 1.91. The molecule has 7 nitrogen and oxygen atoms in total. The highest BCUT2D eigenvalue weighted by atomic mass is 16.6. The summed E-state index contributed by atoms with van der Waals surface area (Å²) in [6.07, 6.45) is 4.69. The van der Waals surface area contributed by atoms with Gasteiger partial charge >= 0.3 is 0 Å². The Morgan fingerprint density at radius 3 is 2.96 bits per heavy atom. The molecule has 0 spiro atoms. The van der Waals surface area contributed by atoms with Crippen molar-refractivity contribution in [2.75, 3.05) is 5.32 Å². The zero-order valence-electron chi connectivity index (χ0n) is 13.1. The Morgan fingerprint density at radius 2 is 2.26 bits per heavy atom. The molecule has 0 amide bonds. The quantitative estimate of drug-likeness (QED) is 0.532. The lowest BCUT2D eigenvalue weighted by molar-refractivity contribution is -0.384. The fourth-order valence-corrected chi connectivity index (χ4v) is 3.07. The zero-order chi connectivity index (χ0) is 16.6. The van der Waals surface area contributed by atoms with E-state index in [0.717, 1.165) is 30.5 Å². The van der Waals surface area contributed by atoms with Crippen molar-refractivity contribution in [2.24, 2.45) is 7.05 Å². The molecule has 23 heavy (non-hydrogen) atoms. The van der Waals surface area contributed by atoms with E-state index in [4.69, 9.17) is 0 Å². The largest absolute Gasteiger partial charge is 0.373 e. The second-order valence-corrected chi connectivity index (χ2v) is 5.80. The number of aromatic nitrogens is 2. The van der Waals surface area contributed by atoms with E-state index in [9.17, 15) is 14.9 Å². The molecule has 0 fully saturated rings. The molecule has 0 aliphatic heterocycles. The van der Waals surface area contributed by atoms with E-state index in [1.807, 2.05) is 17.9 Å². The molecule has 1 N–H and O–H groups in total. The standard InChI is InChI=1S/C16H18N4O3/c1-10(21)11-6-7-14(16(8-11)20(22)23)18-13-4-3-5-15-12(13)9-17-19(15)2/h6-9,13,18H,3-5H2,1-2H3/t13-/m0/s1. The number of nitro groups is 1. The highest BCUT2D eigenvalue weighted by molar-refractivity contribution is 5.95. The van der Waals surface area contributed by atoms with Crippen LogP contribution < -0.4 is 5.32 Å². The first kappa shape index (κ1) is 15.2. The Bertz CT molecular complexity index is 782. The number of rotatable bonds is 4. The molecule has 0 radical (unpaired) electrons. The van der Waals surface area contributed by atoms with Crippen LogP contribution in [0.2, 0.25) is 0 Å². The highest BCUT2D eigenvalue weighted by Gasteiger charge is 2.26. The fraction of sp³-hybridized carbons (Fsp3) is 0.375. The van der Waals surface area contributed by atoms with Gasteiger partial charge in [-0.1, -0.05) is 0 Å². The predicted molar refractivity (Wildman–Crippen MR) is 85.6 cm³/mol. The molecule has 1 aromatic heterocycles. The maximum absolute atomic E-state index is 11.4. The van der Waals surface area contributed by atoms with E-state index >= 15 is 0 Å². The molecule has 3 rings (SSSR count). The molecule has 0 saturated carbocycles. The Balaban J connectivity index is 1.94. The molecule has 1 aliphatic carbocycles. The van der Waals surface area contributed by atoms with E-state index in [1.54, 1.807) is 12.1 Å². The van der Waals surface area contributed by atoms with Gasteiger partial charge in [-0.3, -0.25) is 19.6 Å². The summed E-state index contributed by atoms with van der Waals surface area (Å²) in [5.41, 5.74) is 2.95. The van der Waals surface area contributed by atoms with Gasteiger partial charge in [-0.15, -0.1) is 0 Å². The van der Waals surface area contributed by atoms with Crippen molar-refractivity contribution in [1.29, 1.82) is 0 Å². The number of benzene rings is 1. The molecule has 120 valence electrons. The first-order valence-corrected chi connectivity index (χ1v) is 7.54. The van der Waals surface area contributed by atoms with E-state index in [2.05, 4.69) is 10.4 Å². The Labute approximate surface area is 133 Å². The number of hydrogen-bond donors (Lipinski definition) is 1. The van der Waals surface area contributed by atoms with Crippen LogP contribution in [-0.2, 0) is 13.5 Å². The molecule has 7 heteroatoms. The number of carbonyl (C=O) groups is 1. The summed E-state index contributed by atoms with van der Waals surface area (Å²) in [4.78, 5) is 22.3. The average Bonchev–Trinajstić information content (AvgIpc) is 2.90. The third-order valence-corrected chi connectivity index (χ3v) is 4.31. The number of anilines is 1. The van der Waals surface area contributed by atoms with E-state index in [1.165, 1.54) is 13.0 Å². The van der Waals surface area contributed by atoms with Crippen LogP contribution in [0.25, 0.3) is 0 Å². The minimum Gasteiger partial charge on any atom is -0.373 e. The molecule has 1 atom stereocenters. The Morgan fingerprint density at radius 1 is 1.48 bits per heavy atom. The van der Waals surface area contributed by atoms with Gasteiger partial charge in [-0.2, -0.15) is 5.10 Å². The van der Waals surface area contributed by atoms with Crippen molar-refractivity contribution in [2.45, 2.75) is 32.2 Å². The number of nitrogens with one attached hydrogen (secondary N) is 1. The summed E-state index contributed by atoms with van der Waals surface area (Å²) < 4.78 is 1.86. The van der Waals surface area contributed by atoms with Gasteiger partial charge in [0.05, 0.1) is 17.2 Å². The first-order chi connectivity index (χ1) is 11.0. The van der Waals surface area contributed by atoms with Crippen LogP contribution in [0.4, 0.5) is 11.4 Å². The minimum atomic E-state index is -0.457. The van der Waals surface area contributed by atoms with Crippen molar-refractivity contribution < 1.29 is 9.72 Å². The molecule has 1 aliphatic rings. The van der Waals surface area contributed by atoms with Crippen LogP contribution in [0, 0.1) is 10.1 Å². The molecule has 1 heterocycles. The van der Waals surface area contributed by atoms with Crippen LogP contribution in [-0.4, -0.2) is 20.5 Å². The molecular weight excluding hydrogens is 296 g/mol. The minimum absolute atomic E-state index is 0.00525. The second kappa shape index (κ2) is 5.83. The maximum Gasteiger partial charge on any atom is 0.293 e. The number of nitro benzene ring substituents is 1. The van der Waals surface area contributed by atoms with Crippen molar-refractivity contribution >= 4 is 17.2 Å². The molecule has 1 aromatic carbocycles. The smallest absolute Gasteiger partial charge is 0.293 e. The van der Waals surface area contributed by atoms with Gasteiger partial charge in [0, 0.05) is 29.9 Å². The molecule has 0 bridgehead atoms. The van der Waals surface area contributed by atoms with Crippen LogP contribution in [0.15, 0.2) is 24.4 Å². The van der Waals surface area contributed by atoms with Crippen LogP contribution in [0.3, 0.4) is 0 Å². The lowest BCUT2D eigenvalue weighted by atomic mass is 9.92. The van der Waals surface area contributed by atoms with Gasteiger partial charge in [0.2, 0.25) is 0 Å².